The Morgan fingerprint density at radius 3 is 2.60 bits per heavy atom. The molecule has 0 spiro atoms. The van der Waals surface area contributed by atoms with Crippen LogP contribution in [0.4, 0.5) is 0 Å². The van der Waals surface area contributed by atoms with Gasteiger partial charge in [0.25, 0.3) is 0 Å². The lowest BCUT2D eigenvalue weighted by Crippen LogP contribution is -2.21. The van der Waals surface area contributed by atoms with E-state index in [2.05, 4.69) is 13.8 Å². The Balaban J connectivity index is 2.79. The van der Waals surface area contributed by atoms with Gasteiger partial charge < -0.3 is 15.2 Å². The summed E-state index contributed by atoms with van der Waals surface area (Å²) in [5.74, 6) is 1.33. The van der Waals surface area contributed by atoms with Crippen LogP contribution in [-0.2, 0) is 6.42 Å². The summed E-state index contributed by atoms with van der Waals surface area (Å²) in [6.45, 7) is 4.91. The van der Waals surface area contributed by atoms with Crippen LogP contribution in [0, 0.1) is 0 Å². The highest BCUT2D eigenvalue weighted by atomic mass is 35.5. The average molecular weight is 300 g/mol. The highest BCUT2D eigenvalue weighted by Gasteiger charge is 2.13. The predicted molar refractivity (Wildman–Crippen MR) is 85.0 cm³/mol. The zero-order valence-electron chi connectivity index (χ0n) is 12.7. The standard InChI is InChI=1S/C16H26ClNO2/c1-4-6-7-8-20-16-14(17)10-12(9-13(18)5-2)11-15(16)19-3/h10-11,13H,4-9,18H2,1-3H3. The number of methoxy groups -OCH3 is 1. The molecule has 1 aromatic rings. The smallest absolute Gasteiger partial charge is 0.179 e. The van der Waals surface area contributed by atoms with Gasteiger partial charge in [0.15, 0.2) is 11.5 Å². The lowest BCUT2D eigenvalue weighted by atomic mass is 10.0. The summed E-state index contributed by atoms with van der Waals surface area (Å²) >= 11 is 6.31. The van der Waals surface area contributed by atoms with Crippen LogP contribution in [0.2, 0.25) is 5.02 Å². The number of unbranched alkanes of at least 4 members (excludes halogenated alkanes) is 2. The van der Waals surface area contributed by atoms with Crippen LogP contribution in [-0.4, -0.2) is 19.8 Å². The Hall–Kier alpha value is -0.930. The van der Waals surface area contributed by atoms with Crippen molar-refractivity contribution >= 4 is 11.6 Å². The van der Waals surface area contributed by atoms with Gasteiger partial charge in [-0.3, -0.25) is 0 Å². The molecule has 2 N–H and O–H groups in total. The van der Waals surface area contributed by atoms with Gasteiger partial charge >= 0.3 is 0 Å². The average Bonchev–Trinajstić information content (AvgIpc) is 2.44. The van der Waals surface area contributed by atoms with E-state index < -0.39 is 0 Å². The third-order valence-corrected chi connectivity index (χ3v) is 3.59. The lowest BCUT2D eigenvalue weighted by Gasteiger charge is -2.15. The van der Waals surface area contributed by atoms with Crippen molar-refractivity contribution in [1.29, 1.82) is 0 Å². The maximum Gasteiger partial charge on any atom is 0.179 e. The number of benzene rings is 1. The molecule has 0 bridgehead atoms. The summed E-state index contributed by atoms with van der Waals surface area (Å²) in [7, 11) is 1.63. The monoisotopic (exact) mass is 299 g/mol. The van der Waals surface area contributed by atoms with Gasteiger partial charge in [0.2, 0.25) is 0 Å². The number of ether oxygens (including phenoxy) is 2. The van der Waals surface area contributed by atoms with Crippen LogP contribution in [0.3, 0.4) is 0 Å². The normalized spacial score (nSPS) is 12.2. The Labute approximate surface area is 127 Å². The molecule has 20 heavy (non-hydrogen) atoms. The van der Waals surface area contributed by atoms with E-state index in [4.69, 9.17) is 26.8 Å². The van der Waals surface area contributed by atoms with E-state index in [1.807, 2.05) is 12.1 Å². The van der Waals surface area contributed by atoms with E-state index in [0.29, 0.717) is 23.1 Å². The topological polar surface area (TPSA) is 44.5 Å². The highest BCUT2D eigenvalue weighted by molar-refractivity contribution is 6.32. The van der Waals surface area contributed by atoms with Gasteiger partial charge in [0.1, 0.15) is 0 Å². The summed E-state index contributed by atoms with van der Waals surface area (Å²) in [4.78, 5) is 0. The van der Waals surface area contributed by atoms with Gasteiger partial charge in [-0.05, 0) is 37.0 Å². The van der Waals surface area contributed by atoms with E-state index in [1.165, 1.54) is 6.42 Å². The summed E-state index contributed by atoms with van der Waals surface area (Å²) in [5, 5.41) is 0.596. The SMILES string of the molecule is CCCCCOc1c(Cl)cc(CC(N)CC)cc1OC. The van der Waals surface area contributed by atoms with Gasteiger partial charge in [-0.2, -0.15) is 0 Å². The molecule has 0 saturated heterocycles. The Bertz CT molecular complexity index is 410. The molecule has 0 aromatic heterocycles. The van der Waals surface area contributed by atoms with E-state index in [9.17, 15) is 0 Å². The van der Waals surface area contributed by atoms with Gasteiger partial charge in [-0.25, -0.2) is 0 Å². The van der Waals surface area contributed by atoms with Crippen LogP contribution in [0.5, 0.6) is 11.5 Å². The van der Waals surface area contributed by atoms with Gasteiger partial charge in [0, 0.05) is 6.04 Å². The molecule has 1 aromatic carbocycles. The maximum atomic E-state index is 6.31. The van der Waals surface area contributed by atoms with E-state index >= 15 is 0 Å². The number of hydrogen-bond acceptors (Lipinski definition) is 3. The molecule has 1 atom stereocenters. The van der Waals surface area contributed by atoms with Crippen LogP contribution >= 0.6 is 11.6 Å². The number of halogens is 1. The minimum absolute atomic E-state index is 0.145. The minimum atomic E-state index is 0.145. The second-order valence-electron chi connectivity index (χ2n) is 5.04. The first kappa shape index (κ1) is 17.1. The molecule has 1 unspecified atom stereocenters. The number of nitrogens with two attached hydrogens (primary N) is 1. The van der Waals surface area contributed by atoms with E-state index in [0.717, 1.165) is 31.2 Å². The fourth-order valence-electron chi connectivity index (χ4n) is 2.00. The molecular weight excluding hydrogens is 274 g/mol. The molecule has 0 saturated carbocycles. The summed E-state index contributed by atoms with van der Waals surface area (Å²) in [6.07, 6.45) is 5.09. The van der Waals surface area contributed by atoms with Crippen molar-refractivity contribution in [2.45, 2.75) is 52.0 Å². The third-order valence-electron chi connectivity index (χ3n) is 3.31. The Morgan fingerprint density at radius 2 is 2.00 bits per heavy atom. The largest absolute Gasteiger partial charge is 0.493 e. The molecule has 0 heterocycles. The molecule has 4 heteroatoms. The third kappa shape index (κ3) is 5.22. The van der Waals surface area contributed by atoms with E-state index in [-0.39, 0.29) is 6.04 Å². The Kier molecular flexibility index (Phi) is 7.78. The number of hydrogen-bond donors (Lipinski definition) is 1. The van der Waals surface area contributed by atoms with Crippen LogP contribution in [0.15, 0.2) is 12.1 Å². The quantitative estimate of drug-likeness (QED) is 0.695. The highest BCUT2D eigenvalue weighted by Crippen LogP contribution is 2.36. The van der Waals surface area contributed by atoms with Crippen LogP contribution < -0.4 is 15.2 Å². The van der Waals surface area contributed by atoms with Gasteiger partial charge in [-0.1, -0.05) is 38.3 Å². The van der Waals surface area contributed by atoms with Crippen LogP contribution in [0.1, 0.15) is 45.1 Å². The molecule has 1 rings (SSSR count). The Morgan fingerprint density at radius 1 is 1.25 bits per heavy atom. The summed E-state index contributed by atoms with van der Waals surface area (Å²) in [6, 6.07) is 4.04. The zero-order valence-corrected chi connectivity index (χ0v) is 13.5. The predicted octanol–water partition coefficient (Wildman–Crippen LogP) is 4.20. The number of rotatable bonds is 9. The van der Waals surface area contributed by atoms with Crippen molar-refractivity contribution in [1.82, 2.24) is 0 Å². The fraction of sp³-hybridized carbons (Fsp3) is 0.625. The van der Waals surface area contributed by atoms with Crippen molar-refractivity contribution in [2.24, 2.45) is 5.73 Å². The maximum absolute atomic E-state index is 6.31. The first-order chi connectivity index (χ1) is 9.62. The zero-order chi connectivity index (χ0) is 15.0. The molecule has 0 radical (unpaired) electrons. The summed E-state index contributed by atoms with van der Waals surface area (Å²) < 4.78 is 11.1. The first-order valence-corrected chi connectivity index (χ1v) is 7.74. The summed E-state index contributed by atoms with van der Waals surface area (Å²) in [5.41, 5.74) is 7.07. The van der Waals surface area contributed by atoms with Gasteiger partial charge in [-0.15, -0.1) is 0 Å². The molecule has 0 aliphatic heterocycles. The molecular formula is C16H26ClNO2. The second kappa shape index (κ2) is 9.09. The molecule has 0 aliphatic carbocycles. The van der Waals surface area contributed by atoms with E-state index in [1.54, 1.807) is 7.11 Å². The van der Waals surface area contributed by atoms with Crippen molar-refractivity contribution in [3.05, 3.63) is 22.7 Å². The van der Waals surface area contributed by atoms with Crippen LogP contribution in [0.25, 0.3) is 0 Å². The lowest BCUT2D eigenvalue weighted by molar-refractivity contribution is 0.286. The fourth-order valence-corrected chi connectivity index (χ4v) is 2.29. The van der Waals surface area contributed by atoms with Crippen molar-refractivity contribution in [3.8, 4) is 11.5 Å². The molecule has 0 amide bonds. The molecule has 3 nitrogen and oxygen atoms in total. The second-order valence-corrected chi connectivity index (χ2v) is 5.44. The molecule has 0 fully saturated rings. The van der Waals surface area contributed by atoms with Crippen molar-refractivity contribution < 1.29 is 9.47 Å². The van der Waals surface area contributed by atoms with Gasteiger partial charge in [0.05, 0.1) is 18.7 Å². The molecule has 0 aliphatic rings. The minimum Gasteiger partial charge on any atom is -0.493 e. The first-order valence-electron chi connectivity index (χ1n) is 7.37. The molecule has 114 valence electrons. The van der Waals surface area contributed by atoms with Crippen molar-refractivity contribution in [3.63, 3.8) is 0 Å². The van der Waals surface area contributed by atoms with Crippen molar-refractivity contribution in [2.75, 3.05) is 13.7 Å².